The van der Waals surface area contributed by atoms with Crippen LogP contribution in [0.1, 0.15) is 28.8 Å². The average Bonchev–Trinajstić information content (AvgIpc) is 3.37. The minimum atomic E-state index is -4.61. The van der Waals surface area contributed by atoms with E-state index in [1.807, 2.05) is 0 Å². The van der Waals surface area contributed by atoms with E-state index >= 15 is 0 Å². The van der Waals surface area contributed by atoms with Crippen LogP contribution in [-0.2, 0) is 25.3 Å². The van der Waals surface area contributed by atoms with E-state index in [4.69, 9.17) is 4.74 Å². The predicted octanol–water partition coefficient (Wildman–Crippen LogP) is 5.61. The van der Waals surface area contributed by atoms with Gasteiger partial charge in [0.2, 0.25) is 5.88 Å². The molecule has 0 saturated carbocycles. The zero-order valence-electron chi connectivity index (χ0n) is 16.9. The van der Waals surface area contributed by atoms with Crippen LogP contribution in [0, 0.1) is 0 Å². The third kappa shape index (κ3) is 3.91. The Morgan fingerprint density at radius 2 is 1.85 bits per heavy atom. The van der Waals surface area contributed by atoms with Crippen LogP contribution in [0.2, 0.25) is 0 Å². The van der Waals surface area contributed by atoms with Gasteiger partial charge in [0.15, 0.2) is 5.69 Å². The Bertz CT molecular complexity index is 1340. The van der Waals surface area contributed by atoms with Crippen LogP contribution in [0.25, 0.3) is 16.8 Å². The van der Waals surface area contributed by atoms with Gasteiger partial charge in [-0.05, 0) is 36.1 Å². The van der Waals surface area contributed by atoms with Crippen LogP contribution in [0.4, 0.5) is 26.3 Å². The maximum absolute atomic E-state index is 13.4. The summed E-state index contributed by atoms with van der Waals surface area (Å²) >= 11 is 0. The molecule has 5 rings (SSSR count). The first-order valence-electron chi connectivity index (χ1n) is 10.0. The molecule has 0 aliphatic carbocycles. The van der Waals surface area contributed by atoms with Gasteiger partial charge in [-0.2, -0.15) is 31.4 Å². The van der Waals surface area contributed by atoms with Gasteiger partial charge in [0.1, 0.15) is 5.65 Å². The Morgan fingerprint density at radius 3 is 2.61 bits per heavy atom. The summed E-state index contributed by atoms with van der Waals surface area (Å²) in [5, 5.41) is 3.75. The van der Waals surface area contributed by atoms with Gasteiger partial charge >= 0.3 is 12.4 Å². The quantitative estimate of drug-likeness (QED) is 0.369. The highest BCUT2D eigenvalue weighted by atomic mass is 19.4. The van der Waals surface area contributed by atoms with Gasteiger partial charge < -0.3 is 9.14 Å². The number of pyridine rings is 1. The fourth-order valence-corrected chi connectivity index (χ4v) is 4.03. The van der Waals surface area contributed by atoms with Gasteiger partial charge in [0.05, 0.1) is 18.7 Å². The molecule has 33 heavy (non-hydrogen) atoms. The summed E-state index contributed by atoms with van der Waals surface area (Å²) < 4.78 is 88.4. The van der Waals surface area contributed by atoms with Crippen molar-refractivity contribution in [2.45, 2.75) is 31.7 Å². The maximum Gasteiger partial charge on any atom is 0.435 e. The van der Waals surface area contributed by atoms with Crippen molar-refractivity contribution in [3.63, 3.8) is 0 Å². The summed E-state index contributed by atoms with van der Waals surface area (Å²) in [6.45, 7) is 0.258. The molecule has 0 unspecified atom stereocenters. The molecule has 11 heteroatoms. The molecule has 0 spiro atoms. The van der Waals surface area contributed by atoms with Crippen LogP contribution in [0.15, 0.2) is 48.9 Å². The van der Waals surface area contributed by atoms with Crippen molar-refractivity contribution in [2.75, 3.05) is 6.61 Å². The van der Waals surface area contributed by atoms with Crippen molar-refractivity contribution >= 4 is 5.65 Å². The normalized spacial score (nSPS) is 14.4. The van der Waals surface area contributed by atoms with Crippen molar-refractivity contribution in [1.29, 1.82) is 0 Å². The van der Waals surface area contributed by atoms with E-state index in [9.17, 15) is 26.3 Å². The zero-order valence-corrected chi connectivity index (χ0v) is 16.9. The van der Waals surface area contributed by atoms with E-state index in [-0.39, 0.29) is 36.6 Å². The number of fused-ring (bicyclic) bond motifs is 2. The molecule has 4 heterocycles. The lowest BCUT2D eigenvalue weighted by molar-refractivity contribution is -0.142. The lowest BCUT2D eigenvalue weighted by atomic mass is 10.0. The molecule has 0 N–H and O–H groups in total. The first-order chi connectivity index (χ1) is 15.6. The second-order valence-corrected chi connectivity index (χ2v) is 7.74. The van der Waals surface area contributed by atoms with Crippen LogP contribution < -0.4 is 4.74 Å². The summed E-state index contributed by atoms with van der Waals surface area (Å²) in [6, 6.07) is 7.57. The average molecular weight is 466 g/mol. The highest BCUT2D eigenvalue weighted by Crippen LogP contribution is 2.39. The minimum Gasteiger partial charge on any atom is -0.478 e. The van der Waals surface area contributed by atoms with Crippen LogP contribution in [0.5, 0.6) is 5.88 Å². The summed E-state index contributed by atoms with van der Waals surface area (Å²) in [4.78, 5) is 4.15. The van der Waals surface area contributed by atoms with E-state index in [0.717, 1.165) is 16.9 Å². The molecule has 1 aliphatic rings. The number of aromatic nitrogens is 4. The molecular weight excluding hydrogens is 450 g/mol. The number of hydrogen-bond donors (Lipinski definition) is 0. The van der Waals surface area contributed by atoms with Gasteiger partial charge in [-0.15, -0.1) is 0 Å². The molecule has 0 bridgehead atoms. The maximum atomic E-state index is 13.4. The van der Waals surface area contributed by atoms with Gasteiger partial charge in [-0.25, -0.2) is 9.67 Å². The van der Waals surface area contributed by atoms with Gasteiger partial charge in [-0.1, -0.05) is 18.2 Å². The van der Waals surface area contributed by atoms with Crippen molar-refractivity contribution in [3.05, 3.63) is 71.3 Å². The third-order valence-electron chi connectivity index (χ3n) is 5.46. The molecule has 0 fully saturated rings. The van der Waals surface area contributed by atoms with Crippen molar-refractivity contribution in [2.24, 2.45) is 0 Å². The molecule has 4 aromatic rings. The van der Waals surface area contributed by atoms with Crippen LogP contribution in [-0.4, -0.2) is 25.8 Å². The second-order valence-electron chi connectivity index (χ2n) is 7.74. The topological polar surface area (TPSA) is 44.3 Å². The molecule has 1 aromatic carbocycles. The number of hydrogen-bond acceptors (Lipinski definition) is 3. The minimum absolute atomic E-state index is 0.0295. The zero-order chi connectivity index (χ0) is 23.4. The summed E-state index contributed by atoms with van der Waals surface area (Å²) in [5.41, 5.74) is -0.175. The Labute approximate surface area is 183 Å². The van der Waals surface area contributed by atoms with E-state index in [1.165, 1.54) is 16.8 Å². The van der Waals surface area contributed by atoms with Gasteiger partial charge in [-0.3, -0.25) is 0 Å². The van der Waals surface area contributed by atoms with Crippen molar-refractivity contribution < 1.29 is 31.1 Å². The van der Waals surface area contributed by atoms with Crippen LogP contribution >= 0.6 is 0 Å². The number of halogens is 6. The number of nitrogens with zero attached hydrogens (tertiary/aromatic N) is 4. The molecule has 0 saturated heterocycles. The highest BCUT2D eigenvalue weighted by Gasteiger charge is 2.40. The Hall–Kier alpha value is -3.50. The number of ether oxygens (including phenoxy) is 1. The summed E-state index contributed by atoms with van der Waals surface area (Å²) in [6.07, 6.45) is -4.70. The first kappa shape index (κ1) is 21.4. The molecule has 5 nitrogen and oxygen atoms in total. The standard InChI is InChI=1S/C22H16F6N4O/c23-21(24,25)15-10-17(19-29-6-7-31(19)12-15)14-4-1-3-13(9-14)11-32-20-16(5-2-8-33-20)18(30-32)22(26,27)28/h1,3-4,6-7,9-10,12H,2,5,8,11H2. The predicted molar refractivity (Wildman–Crippen MR) is 106 cm³/mol. The van der Waals surface area contributed by atoms with E-state index < -0.39 is 23.6 Å². The third-order valence-corrected chi connectivity index (χ3v) is 5.46. The molecular formula is C22H16F6N4O. The van der Waals surface area contributed by atoms with E-state index in [1.54, 1.807) is 24.3 Å². The van der Waals surface area contributed by atoms with Crippen LogP contribution in [0.3, 0.4) is 0 Å². The number of alkyl halides is 6. The van der Waals surface area contributed by atoms with E-state index in [2.05, 4.69) is 10.1 Å². The Morgan fingerprint density at radius 1 is 1.03 bits per heavy atom. The molecule has 0 atom stereocenters. The van der Waals surface area contributed by atoms with E-state index in [0.29, 0.717) is 23.2 Å². The number of benzene rings is 1. The molecule has 0 amide bonds. The van der Waals surface area contributed by atoms with Crippen molar-refractivity contribution in [3.8, 4) is 17.0 Å². The van der Waals surface area contributed by atoms with Crippen molar-refractivity contribution in [1.82, 2.24) is 19.2 Å². The Kier molecular flexibility index (Phi) is 4.87. The largest absolute Gasteiger partial charge is 0.478 e. The fourth-order valence-electron chi connectivity index (χ4n) is 4.03. The fraction of sp³-hybridized carbons (Fsp3) is 0.273. The monoisotopic (exact) mass is 466 g/mol. The summed E-state index contributed by atoms with van der Waals surface area (Å²) in [5.74, 6) is 0.0775. The second kappa shape index (κ2) is 7.53. The molecule has 172 valence electrons. The smallest absolute Gasteiger partial charge is 0.435 e. The highest BCUT2D eigenvalue weighted by molar-refractivity contribution is 5.78. The first-order valence-corrected chi connectivity index (χ1v) is 10.0. The van der Waals surface area contributed by atoms with Gasteiger partial charge in [0, 0.05) is 29.7 Å². The lowest BCUT2D eigenvalue weighted by Gasteiger charge is -2.16. The lowest BCUT2D eigenvalue weighted by Crippen LogP contribution is -2.13. The molecule has 0 radical (unpaired) electrons. The molecule has 3 aromatic heterocycles. The Balaban J connectivity index is 1.56. The number of rotatable bonds is 3. The molecule has 1 aliphatic heterocycles. The number of imidazole rings is 1. The SMILES string of the molecule is FC(F)(F)c1cc(-c2cccc(Cn3nc(C(F)(F)F)c4c3OCCC4)c2)c2nccn2c1. The van der Waals surface area contributed by atoms with Gasteiger partial charge in [0.25, 0.3) is 0 Å². The summed E-state index contributed by atoms with van der Waals surface area (Å²) in [7, 11) is 0.